The number of pyridine rings is 1. The third kappa shape index (κ3) is 3.44. The first kappa shape index (κ1) is 14.9. The molecule has 1 unspecified atom stereocenters. The summed E-state index contributed by atoms with van der Waals surface area (Å²) < 4.78 is 1.87. The maximum atomic E-state index is 10.5. The fraction of sp³-hybridized carbons (Fsp3) is 0.167. The Bertz CT molecular complexity index is 820. The zero-order valence-corrected chi connectivity index (χ0v) is 12.5. The first-order chi connectivity index (χ1) is 11.3. The molecule has 114 valence electrons. The molecular weight excluding hydrogens is 288 g/mol. The highest BCUT2D eigenvalue weighted by Gasteiger charge is 2.16. The van der Waals surface area contributed by atoms with Crippen molar-refractivity contribution in [3.63, 3.8) is 0 Å². The standard InChI is InChI=1S/C18H16N4O/c19-10-9-15-7-4-8-16(21-15)13-22-12-11-20-18(22)17(23)14-5-2-1-3-6-14/h1-8,11-12,17,23H,9,13H2. The zero-order chi connectivity index (χ0) is 16.1. The average Bonchev–Trinajstić information content (AvgIpc) is 3.04. The van der Waals surface area contributed by atoms with Crippen molar-refractivity contribution in [2.75, 3.05) is 0 Å². The Morgan fingerprint density at radius 1 is 1.09 bits per heavy atom. The number of rotatable bonds is 5. The molecule has 2 aromatic heterocycles. The van der Waals surface area contributed by atoms with Crippen LogP contribution < -0.4 is 0 Å². The van der Waals surface area contributed by atoms with Crippen molar-refractivity contribution in [3.8, 4) is 6.07 Å². The highest BCUT2D eigenvalue weighted by atomic mass is 16.3. The van der Waals surface area contributed by atoms with E-state index in [0.29, 0.717) is 12.4 Å². The molecule has 5 nitrogen and oxygen atoms in total. The highest BCUT2D eigenvalue weighted by Crippen LogP contribution is 2.20. The fourth-order valence-corrected chi connectivity index (χ4v) is 2.46. The van der Waals surface area contributed by atoms with E-state index < -0.39 is 6.10 Å². The third-order valence-corrected chi connectivity index (χ3v) is 3.56. The van der Waals surface area contributed by atoms with Gasteiger partial charge in [0, 0.05) is 12.4 Å². The molecule has 0 bridgehead atoms. The topological polar surface area (TPSA) is 74.7 Å². The number of nitrogens with zero attached hydrogens (tertiary/aromatic N) is 4. The number of benzene rings is 1. The van der Waals surface area contributed by atoms with Crippen LogP contribution >= 0.6 is 0 Å². The van der Waals surface area contributed by atoms with E-state index in [1.165, 1.54) is 0 Å². The number of aromatic nitrogens is 3. The molecule has 0 amide bonds. The molecule has 3 aromatic rings. The van der Waals surface area contributed by atoms with Crippen LogP contribution in [0, 0.1) is 11.3 Å². The number of aliphatic hydroxyl groups excluding tert-OH is 1. The predicted molar refractivity (Wildman–Crippen MR) is 85.4 cm³/mol. The maximum absolute atomic E-state index is 10.5. The summed E-state index contributed by atoms with van der Waals surface area (Å²) in [6, 6.07) is 17.2. The molecule has 0 radical (unpaired) electrons. The quantitative estimate of drug-likeness (QED) is 0.785. The van der Waals surface area contributed by atoms with Gasteiger partial charge >= 0.3 is 0 Å². The molecule has 0 saturated carbocycles. The molecule has 1 aromatic carbocycles. The van der Waals surface area contributed by atoms with Crippen molar-refractivity contribution in [1.82, 2.24) is 14.5 Å². The van der Waals surface area contributed by atoms with Gasteiger partial charge < -0.3 is 9.67 Å². The van der Waals surface area contributed by atoms with E-state index in [9.17, 15) is 5.11 Å². The largest absolute Gasteiger partial charge is 0.380 e. The van der Waals surface area contributed by atoms with Gasteiger partial charge in [-0.25, -0.2) is 4.98 Å². The van der Waals surface area contributed by atoms with Crippen LogP contribution in [0.25, 0.3) is 0 Å². The minimum absolute atomic E-state index is 0.289. The molecule has 0 aliphatic heterocycles. The number of hydrogen-bond donors (Lipinski definition) is 1. The van der Waals surface area contributed by atoms with Crippen LogP contribution in [0.15, 0.2) is 60.9 Å². The monoisotopic (exact) mass is 304 g/mol. The number of aliphatic hydroxyl groups is 1. The predicted octanol–water partition coefficient (Wildman–Crippen LogP) is 2.47. The van der Waals surface area contributed by atoms with Crippen molar-refractivity contribution in [2.45, 2.75) is 19.1 Å². The molecule has 0 aliphatic rings. The first-order valence-electron chi connectivity index (χ1n) is 7.33. The SMILES string of the molecule is N#CCc1cccc(Cn2ccnc2C(O)c2ccccc2)n1. The van der Waals surface area contributed by atoms with Gasteiger partial charge in [-0.2, -0.15) is 5.26 Å². The van der Waals surface area contributed by atoms with Gasteiger partial charge in [0.25, 0.3) is 0 Å². The summed E-state index contributed by atoms with van der Waals surface area (Å²) in [5.74, 6) is 0.573. The summed E-state index contributed by atoms with van der Waals surface area (Å²) in [6.45, 7) is 0.499. The van der Waals surface area contributed by atoms with Crippen LogP contribution in [-0.4, -0.2) is 19.6 Å². The van der Waals surface area contributed by atoms with E-state index in [1.807, 2.05) is 59.3 Å². The minimum atomic E-state index is -0.784. The van der Waals surface area contributed by atoms with Crippen molar-refractivity contribution in [2.24, 2.45) is 0 Å². The van der Waals surface area contributed by atoms with Gasteiger partial charge in [0.1, 0.15) is 11.9 Å². The van der Waals surface area contributed by atoms with Gasteiger partial charge in [-0.3, -0.25) is 4.98 Å². The summed E-state index contributed by atoms with van der Waals surface area (Å²) in [5, 5.41) is 19.3. The summed E-state index contributed by atoms with van der Waals surface area (Å²) in [5.41, 5.74) is 2.37. The second kappa shape index (κ2) is 6.86. The van der Waals surface area contributed by atoms with Gasteiger partial charge in [0.15, 0.2) is 0 Å². The molecule has 23 heavy (non-hydrogen) atoms. The Labute approximate surface area is 134 Å². The lowest BCUT2D eigenvalue weighted by molar-refractivity contribution is 0.205. The third-order valence-electron chi connectivity index (χ3n) is 3.56. The van der Waals surface area contributed by atoms with E-state index in [1.54, 1.807) is 6.20 Å². The van der Waals surface area contributed by atoms with Crippen LogP contribution in [0.2, 0.25) is 0 Å². The second-order valence-electron chi connectivity index (χ2n) is 5.18. The van der Waals surface area contributed by atoms with Crippen LogP contribution in [-0.2, 0) is 13.0 Å². The maximum Gasteiger partial charge on any atom is 0.142 e. The summed E-state index contributed by atoms with van der Waals surface area (Å²) in [6.07, 6.45) is 2.99. The fourth-order valence-electron chi connectivity index (χ4n) is 2.46. The van der Waals surface area contributed by atoms with Gasteiger partial charge in [-0.05, 0) is 17.7 Å². The first-order valence-corrected chi connectivity index (χ1v) is 7.33. The molecule has 1 N–H and O–H groups in total. The van der Waals surface area contributed by atoms with Crippen molar-refractivity contribution in [3.05, 3.63) is 83.7 Å². The highest BCUT2D eigenvalue weighted by molar-refractivity contribution is 5.23. The lowest BCUT2D eigenvalue weighted by Gasteiger charge is -2.13. The zero-order valence-electron chi connectivity index (χ0n) is 12.5. The van der Waals surface area contributed by atoms with Gasteiger partial charge in [0.05, 0.1) is 30.4 Å². The molecule has 0 spiro atoms. The Morgan fingerprint density at radius 3 is 2.65 bits per heavy atom. The van der Waals surface area contributed by atoms with Crippen molar-refractivity contribution < 1.29 is 5.11 Å². The summed E-state index contributed by atoms with van der Waals surface area (Å²) in [4.78, 5) is 8.74. The van der Waals surface area contributed by atoms with Crippen LogP contribution in [0.3, 0.4) is 0 Å². The van der Waals surface area contributed by atoms with Gasteiger partial charge in [-0.1, -0.05) is 36.4 Å². The Morgan fingerprint density at radius 2 is 1.87 bits per heavy atom. The van der Waals surface area contributed by atoms with E-state index in [4.69, 9.17) is 5.26 Å². The molecule has 0 saturated heterocycles. The molecule has 0 aliphatic carbocycles. The lowest BCUT2D eigenvalue weighted by atomic mass is 10.1. The number of nitriles is 1. The molecule has 0 fully saturated rings. The average molecular weight is 304 g/mol. The van der Waals surface area contributed by atoms with E-state index >= 15 is 0 Å². The normalized spacial score (nSPS) is 11.8. The van der Waals surface area contributed by atoms with Crippen LogP contribution in [0.1, 0.15) is 28.9 Å². The van der Waals surface area contributed by atoms with Crippen LogP contribution in [0.4, 0.5) is 0 Å². The number of hydrogen-bond acceptors (Lipinski definition) is 4. The summed E-state index contributed by atoms with van der Waals surface area (Å²) in [7, 11) is 0. The van der Waals surface area contributed by atoms with E-state index in [2.05, 4.69) is 16.0 Å². The van der Waals surface area contributed by atoms with Crippen molar-refractivity contribution in [1.29, 1.82) is 5.26 Å². The second-order valence-corrected chi connectivity index (χ2v) is 5.18. The Kier molecular flexibility index (Phi) is 4.46. The Hall–Kier alpha value is -2.97. The minimum Gasteiger partial charge on any atom is -0.380 e. The van der Waals surface area contributed by atoms with Gasteiger partial charge in [0.2, 0.25) is 0 Å². The van der Waals surface area contributed by atoms with Crippen molar-refractivity contribution >= 4 is 0 Å². The van der Waals surface area contributed by atoms with Gasteiger partial charge in [-0.15, -0.1) is 0 Å². The molecule has 3 rings (SSSR count). The molecule has 5 heteroatoms. The molecule has 2 heterocycles. The molecular formula is C18H16N4O. The lowest BCUT2D eigenvalue weighted by Crippen LogP contribution is -2.11. The number of imidazole rings is 1. The Balaban J connectivity index is 1.84. The smallest absolute Gasteiger partial charge is 0.142 e. The molecule has 1 atom stereocenters. The summed E-state index contributed by atoms with van der Waals surface area (Å²) >= 11 is 0. The van der Waals surface area contributed by atoms with Crippen LogP contribution in [0.5, 0.6) is 0 Å². The van der Waals surface area contributed by atoms with E-state index in [-0.39, 0.29) is 6.42 Å². The van der Waals surface area contributed by atoms with E-state index in [0.717, 1.165) is 17.0 Å².